The van der Waals surface area contributed by atoms with Gasteiger partial charge in [0.15, 0.2) is 0 Å². The summed E-state index contributed by atoms with van der Waals surface area (Å²) in [5.74, 6) is -1.34. The van der Waals surface area contributed by atoms with Gasteiger partial charge in [0.05, 0.1) is 34.9 Å². The van der Waals surface area contributed by atoms with E-state index in [-0.39, 0.29) is 17.2 Å². The molecule has 0 spiro atoms. The molecule has 0 atom stereocenters. The van der Waals surface area contributed by atoms with Crippen molar-refractivity contribution in [3.8, 4) is 0 Å². The molecule has 1 aromatic heterocycles. The molecule has 1 amide bonds. The van der Waals surface area contributed by atoms with Crippen molar-refractivity contribution < 1.29 is 14.7 Å². The van der Waals surface area contributed by atoms with Crippen molar-refractivity contribution in [2.45, 2.75) is 6.92 Å². The number of hydrogen-bond donors (Lipinski definition) is 2. The number of amides is 1. The Morgan fingerprint density at radius 2 is 2.00 bits per heavy atom. The van der Waals surface area contributed by atoms with Crippen LogP contribution in [0.15, 0.2) is 36.7 Å². The Balaban J connectivity index is 2.38. The monoisotopic (exact) mass is 286 g/mol. The van der Waals surface area contributed by atoms with Crippen LogP contribution in [0.25, 0.3) is 0 Å². The first-order chi connectivity index (χ1) is 10.0. The Bertz CT molecular complexity index is 673. The summed E-state index contributed by atoms with van der Waals surface area (Å²) < 4.78 is 0. The largest absolute Gasteiger partial charge is 0.478 e. The first kappa shape index (κ1) is 14.4. The zero-order valence-electron chi connectivity index (χ0n) is 11.4. The molecule has 108 valence electrons. The summed E-state index contributed by atoms with van der Waals surface area (Å²) in [4.78, 5) is 24.8. The third-order valence-electron chi connectivity index (χ3n) is 2.96. The van der Waals surface area contributed by atoms with Crippen LogP contribution in [0, 0.1) is 0 Å². The van der Waals surface area contributed by atoms with E-state index in [2.05, 4.69) is 10.2 Å². The minimum Gasteiger partial charge on any atom is -0.478 e. The molecule has 3 N–H and O–H groups in total. The summed E-state index contributed by atoms with van der Waals surface area (Å²) in [7, 11) is 0. The zero-order chi connectivity index (χ0) is 15.4. The number of hydrogen-bond acceptors (Lipinski definition) is 5. The van der Waals surface area contributed by atoms with Crippen LogP contribution < -0.4 is 10.6 Å². The maximum atomic E-state index is 12.4. The van der Waals surface area contributed by atoms with Gasteiger partial charge in [0.2, 0.25) is 0 Å². The normalized spacial score (nSPS) is 10.1. The Morgan fingerprint density at radius 3 is 2.52 bits per heavy atom. The van der Waals surface area contributed by atoms with E-state index in [0.29, 0.717) is 17.8 Å². The highest BCUT2D eigenvalue weighted by Crippen LogP contribution is 2.25. The third kappa shape index (κ3) is 2.97. The van der Waals surface area contributed by atoms with Crippen molar-refractivity contribution >= 4 is 23.3 Å². The number of anilines is 2. The van der Waals surface area contributed by atoms with E-state index in [4.69, 9.17) is 10.8 Å². The minimum atomic E-state index is -1.07. The topological polar surface area (TPSA) is 109 Å². The Labute approximate surface area is 121 Å². The lowest BCUT2D eigenvalue weighted by Gasteiger charge is -2.22. The van der Waals surface area contributed by atoms with E-state index < -0.39 is 5.97 Å². The summed E-state index contributed by atoms with van der Waals surface area (Å²) in [6.45, 7) is 2.19. The molecule has 21 heavy (non-hydrogen) atoms. The quantitative estimate of drug-likeness (QED) is 0.823. The zero-order valence-corrected chi connectivity index (χ0v) is 11.4. The van der Waals surface area contributed by atoms with Gasteiger partial charge in [-0.25, -0.2) is 4.79 Å². The van der Waals surface area contributed by atoms with E-state index in [1.54, 1.807) is 13.0 Å². The lowest BCUT2D eigenvalue weighted by atomic mass is 10.1. The number of carbonyl (C=O) groups is 2. The Kier molecular flexibility index (Phi) is 4.13. The SMILES string of the molecule is CCN(C(=O)c1ccnnc1)c1ccc(C(=O)O)cc1N. The van der Waals surface area contributed by atoms with Gasteiger partial charge in [-0.05, 0) is 31.2 Å². The molecule has 7 nitrogen and oxygen atoms in total. The van der Waals surface area contributed by atoms with Crippen LogP contribution in [-0.4, -0.2) is 33.7 Å². The fourth-order valence-corrected chi connectivity index (χ4v) is 1.93. The molecule has 0 bridgehead atoms. The molecule has 1 heterocycles. The fourth-order valence-electron chi connectivity index (χ4n) is 1.93. The number of aromatic carboxylic acids is 1. The van der Waals surface area contributed by atoms with Crippen LogP contribution in [0.2, 0.25) is 0 Å². The van der Waals surface area contributed by atoms with E-state index in [1.165, 1.54) is 35.5 Å². The smallest absolute Gasteiger partial charge is 0.335 e. The van der Waals surface area contributed by atoms with Gasteiger partial charge in [-0.3, -0.25) is 4.79 Å². The van der Waals surface area contributed by atoms with Crippen molar-refractivity contribution in [2.24, 2.45) is 0 Å². The van der Waals surface area contributed by atoms with Gasteiger partial charge in [-0.2, -0.15) is 10.2 Å². The number of nitrogens with zero attached hydrogens (tertiary/aromatic N) is 3. The van der Waals surface area contributed by atoms with E-state index in [9.17, 15) is 9.59 Å². The molecule has 0 aliphatic rings. The molecule has 0 radical (unpaired) electrons. The summed E-state index contributed by atoms with van der Waals surface area (Å²) in [5, 5.41) is 16.2. The summed E-state index contributed by atoms with van der Waals surface area (Å²) in [6.07, 6.45) is 2.80. The van der Waals surface area contributed by atoms with Gasteiger partial charge >= 0.3 is 5.97 Å². The number of rotatable bonds is 4. The van der Waals surface area contributed by atoms with Gasteiger partial charge < -0.3 is 15.7 Å². The molecule has 1 aromatic carbocycles. The predicted molar refractivity (Wildman–Crippen MR) is 77.2 cm³/mol. The number of carboxylic acid groups (broad SMARTS) is 1. The van der Waals surface area contributed by atoms with Crippen LogP contribution >= 0.6 is 0 Å². The standard InChI is InChI=1S/C14H14N4O3/c1-2-18(13(19)10-5-6-16-17-8-10)12-4-3-9(14(20)21)7-11(12)15/h3-8H,2,15H2,1H3,(H,20,21). The summed E-state index contributed by atoms with van der Waals surface area (Å²) in [6, 6.07) is 5.82. The maximum absolute atomic E-state index is 12.4. The van der Waals surface area contributed by atoms with Gasteiger partial charge in [-0.1, -0.05) is 0 Å². The molecular weight excluding hydrogens is 272 g/mol. The van der Waals surface area contributed by atoms with Crippen molar-refractivity contribution in [3.05, 3.63) is 47.8 Å². The molecule has 0 aliphatic carbocycles. The van der Waals surface area contributed by atoms with Crippen LogP contribution in [0.3, 0.4) is 0 Å². The molecule has 2 rings (SSSR count). The Morgan fingerprint density at radius 1 is 1.24 bits per heavy atom. The fraction of sp³-hybridized carbons (Fsp3) is 0.143. The molecular formula is C14H14N4O3. The van der Waals surface area contributed by atoms with Gasteiger partial charge in [0, 0.05) is 6.54 Å². The highest BCUT2D eigenvalue weighted by Gasteiger charge is 2.19. The average molecular weight is 286 g/mol. The molecule has 0 saturated carbocycles. The van der Waals surface area contributed by atoms with Crippen LogP contribution in [0.4, 0.5) is 11.4 Å². The van der Waals surface area contributed by atoms with Crippen LogP contribution in [0.1, 0.15) is 27.6 Å². The number of aromatic nitrogens is 2. The molecule has 2 aromatic rings. The van der Waals surface area contributed by atoms with Crippen LogP contribution in [0.5, 0.6) is 0 Å². The second kappa shape index (κ2) is 6.00. The van der Waals surface area contributed by atoms with Crippen molar-refractivity contribution in [2.75, 3.05) is 17.2 Å². The van der Waals surface area contributed by atoms with Crippen molar-refractivity contribution in [1.82, 2.24) is 10.2 Å². The number of nitrogen functional groups attached to an aromatic ring is 1. The molecule has 7 heteroatoms. The van der Waals surface area contributed by atoms with Crippen molar-refractivity contribution in [3.63, 3.8) is 0 Å². The van der Waals surface area contributed by atoms with Gasteiger partial charge in [0.25, 0.3) is 5.91 Å². The highest BCUT2D eigenvalue weighted by atomic mass is 16.4. The summed E-state index contributed by atoms with van der Waals surface area (Å²) in [5.41, 5.74) is 7.01. The minimum absolute atomic E-state index is 0.0744. The number of nitrogens with two attached hydrogens (primary N) is 1. The lowest BCUT2D eigenvalue weighted by molar-refractivity contribution is 0.0697. The molecule has 0 fully saturated rings. The third-order valence-corrected chi connectivity index (χ3v) is 2.96. The second-order valence-corrected chi connectivity index (χ2v) is 4.26. The van der Waals surface area contributed by atoms with Gasteiger partial charge in [-0.15, -0.1) is 0 Å². The van der Waals surface area contributed by atoms with Gasteiger partial charge in [0.1, 0.15) is 0 Å². The maximum Gasteiger partial charge on any atom is 0.335 e. The van der Waals surface area contributed by atoms with E-state index >= 15 is 0 Å². The Hall–Kier alpha value is -2.96. The first-order valence-electron chi connectivity index (χ1n) is 6.26. The first-order valence-corrected chi connectivity index (χ1v) is 6.26. The lowest BCUT2D eigenvalue weighted by Crippen LogP contribution is -2.31. The molecule has 0 unspecified atom stereocenters. The average Bonchev–Trinajstić information content (AvgIpc) is 2.50. The second-order valence-electron chi connectivity index (χ2n) is 4.26. The molecule has 0 aliphatic heterocycles. The number of carboxylic acids is 1. The van der Waals surface area contributed by atoms with E-state index in [1.807, 2.05) is 0 Å². The number of benzene rings is 1. The number of carbonyl (C=O) groups excluding carboxylic acids is 1. The summed E-state index contributed by atoms with van der Waals surface area (Å²) >= 11 is 0. The van der Waals surface area contributed by atoms with E-state index in [0.717, 1.165) is 0 Å². The highest BCUT2D eigenvalue weighted by molar-refractivity contribution is 6.07. The predicted octanol–water partition coefficient (Wildman–Crippen LogP) is 1.42. The van der Waals surface area contributed by atoms with Crippen LogP contribution in [-0.2, 0) is 0 Å². The molecule has 0 saturated heterocycles. The van der Waals surface area contributed by atoms with Crippen molar-refractivity contribution in [1.29, 1.82) is 0 Å².